The van der Waals surface area contributed by atoms with Gasteiger partial charge in [0.1, 0.15) is 11.4 Å². The number of halogens is 1. The number of benzene rings is 2. The SMILES string of the molecule is Cl.O=C1CCC(C(=O)NC2CC3(CCNC3)Oc3ccccc32)c2ccccc21. The zero-order valence-electron chi connectivity index (χ0n) is 16.1. The summed E-state index contributed by atoms with van der Waals surface area (Å²) in [6, 6.07) is 15.4. The van der Waals surface area contributed by atoms with E-state index in [4.69, 9.17) is 4.74 Å². The molecular weight excluding hydrogens is 388 g/mol. The molecule has 2 heterocycles. The molecule has 1 fully saturated rings. The smallest absolute Gasteiger partial charge is 0.228 e. The van der Waals surface area contributed by atoms with Gasteiger partial charge < -0.3 is 15.4 Å². The highest BCUT2D eigenvalue weighted by molar-refractivity contribution is 6.01. The molecule has 0 aromatic heterocycles. The Kier molecular flexibility index (Phi) is 5.36. The first-order chi connectivity index (χ1) is 13.7. The lowest BCUT2D eigenvalue weighted by atomic mass is 9.81. The summed E-state index contributed by atoms with van der Waals surface area (Å²) in [4.78, 5) is 25.5. The zero-order chi connectivity index (χ0) is 19.1. The predicted molar refractivity (Wildman–Crippen MR) is 113 cm³/mol. The average molecular weight is 413 g/mol. The van der Waals surface area contributed by atoms with Crippen LogP contribution in [0.4, 0.5) is 0 Å². The third-order valence-electron chi connectivity index (χ3n) is 6.33. The minimum absolute atomic E-state index is 0. The highest BCUT2D eigenvalue weighted by Crippen LogP contribution is 2.42. The summed E-state index contributed by atoms with van der Waals surface area (Å²) in [6.45, 7) is 1.73. The van der Waals surface area contributed by atoms with Gasteiger partial charge in [0.25, 0.3) is 0 Å². The van der Waals surface area contributed by atoms with Crippen LogP contribution in [0.3, 0.4) is 0 Å². The predicted octanol–water partition coefficient (Wildman–Crippen LogP) is 3.54. The monoisotopic (exact) mass is 412 g/mol. The Morgan fingerprint density at radius 1 is 1.10 bits per heavy atom. The second kappa shape index (κ2) is 7.81. The van der Waals surface area contributed by atoms with E-state index in [9.17, 15) is 9.59 Å². The molecule has 0 saturated carbocycles. The van der Waals surface area contributed by atoms with Gasteiger partial charge in [0.15, 0.2) is 5.78 Å². The van der Waals surface area contributed by atoms with Crippen molar-refractivity contribution >= 4 is 24.1 Å². The van der Waals surface area contributed by atoms with Crippen LogP contribution < -0.4 is 15.4 Å². The van der Waals surface area contributed by atoms with E-state index >= 15 is 0 Å². The normalized spacial score (nSPS) is 27.4. The standard InChI is InChI=1S/C23H24N2O3.ClH/c26-20-10-9-17(15-5-1-2-6-16(15)20)22(27)25-19-13-23(11-12-24-14-23)28-21-8-4-3-7-18(19)21;/h1-8,17,19,24H,9-14H2,(H,25,27);1H. The number of Topliss-reactive ketones (excluding diaryl/α,β-unsaturated/α-hetero) is 1. The van der Waals surface area contributed by atoms with Crippen LogP contribution in [0, 0.1) is 0 Å². The van der Waals surface area contributed by atoms with E-state index < -0.39 is 0 Å². The number of hydrogen-bond acceptors (Lipinski definition) is 4. The lowest BCUT2D eigenvalue weighted by Gasteiger charge is -2.40. The molecular formula is C23H25ClN2O3. The first-order valence-electron chi connectivity index (χ1n) is 10.1. The van der Waals surface area contributed by atoms with Crippen LogP contribution in [-0.2, 0) is 4.79 Å². The number of carbonyl (C=O) groups excluding carboxylic acids is 2. The first kappa shape index (κ1) is 19.9. The quantitative estimate of drug-likeness (QED) is 0.791. The van der Waals surface area contributed by atoms with Gasteiger partial charge in [-0.05, 0) is 24.6 Å². The number of ether oxygens (including phenoxy) is 1. The summed E-state index contributed by atoms with van der Waals surface area (Å²) >= 11 is 0. The van der Waals surface area contributed by atoms with E-state index in [1.807, 2.05) is 48.5 Å². The van der Waals surface area contributed by atoms with Crippen molar-refractivity contribution in [1.82, 2.24) is 10.6 Å². The number of nitrogens with one attached hydrogen (secondary N) is 2. The summed E-state index contributed by atoms with van der Waals surface area (Å²) in [5, 5.41) is 6.69. The van der Waals surface area contributed by atoms with Gasteiger partial charge in [-0.1, -0.05) is 42.5 Å². The van der Waals surface area contributed by atoms with Gasteiger partial charge in [0, 0.05) is 36.9 Å². The molecule has 1 spiro atoms. The maximum absolute atomic E-state index is 13.3. The van der Waals surface area contributed by atoms with Crippen molar-refractivity contribution in [3.05, 3.63) is 65.2 Å². The second-order valence-electron chi connectivity index (χ2n) is 8.12. The van der Waals surface area contributed by atoms with Crippen LogP contribution in [0.1, 0.15) is 59.1 Å². The Balaban J connectivity index is 0.00000205. The number of rotatable bonds is 2. The van der Waals surface area contributed by atoms with E-state index in [1.165, 1.54) is 0 Å². The molecule has 1 saturated heterocycles. The molecule has 1 amide bonds. The van der Waals surface area contributed by atoms with Crippen molar-refractivity contribution in [2.75, 3.05) is 13.1 Å². The molecule has 2 aliphatic heterocycles. The lowest BCUT2D eigenvalue weighted by Crippen LogP contribution is -2.47. The molecule has 0 radical (unpaired) electrons. The number of para-hydroxylation sites is 1. The number of fused-ring (bicyclic) bond motifs is 2. The minimum Gasteiger partial charge on any atom is -0.485 e. The van der Waals surface area contributed by atoms with Crippen LogP contribution in [-0.4, -0.2) is 30.4 Å². The molecule has 3 aliphatic rings. The summed E-state index contributed by atoms with van der Waals surface area (Å²) in [7, 11) is 0. The van der Waals surface area contributed by atoms with E-state index in [1.54, 1.807) is 0 Å². The van der Waals surface area contributed by atoms with Crippen molar-refractivity contribution in [2.45, 2.75) is 43.2 Å². The van der Waals surface area contributed by atoms with Gasteiger partial charge in [0.05, 0.1) is 12.0 Å². The molecule has 152 valence electrons. The third-order valence-corrected chi connectivity index (χ3v) is 6.33. The molecule has 3 atom stereocenters. The van der Waals surface area contributed by atoms with Crippen LogP contribution in [0.25, 0.3) is 0 Å². The molecule has 2 N–H and O–H groups in total. The van der Waals surface area contributed by atoms with Gasteiger partial charge in [-0.15, -0.1) is 12.4 Å². The lowest BCUT2D eigenvalue weighted by molar-refractivity contribution is -0.124. The van der Waals surface area contributed by atoms with Crippen LogP contribution >= 0.6 is 12.4 Å². The topological polar surface area (TPSA) is 67.4 Å². The first-order valence-corrected chi connectivity index (χ1v) is 10.1. The van der Waals surface area contributed by atoms with Gasteiger partial charge >= 0.3 is 0 Å². The molecule has 2 aromatic carbocycles. The van der Waals surface area contributed by atoms with Gasteiger partial charge in [-0.25, -0.2) is 0 Å². The van der Waals surface area contributed by atoms with E-state index in [0.29, 0.717) is 18.4 Å². The Bertz CT molecular complexity index is 939. The van der Waals surface area contributed by atoms with Crippen LogP contribution in [0.5, 0.6) is 5.75 Å². The second-order valence-corrected chi connectivity index (χ2v) is 8.12. The zero-order valence-corrected chi connectivity index (χ0v) is 17.0. The number of carbonyl (C=O) groups is 2. The number of hydrogen-bond donors (Lipinski definition) is 2. The van der Waals surface area contributed by atoms with E-state index in [-0.39, 0.29) is 41.7 Å². The molecule has 3 unspecified atom stereocenters. The fourth-order valence-corrected chi connectivity index (χ4v) is 4.89. The molecule has 5 nitrogen and oxygen atoms in total. The highest BCUT2D eigenvalue weighted by Gasteiger charge is 2.44. The Morgan fingerprint density at radius 2 is 1.86 bits per heavy atom. The average Bonchev–Trinajstić information content (AvgIpc) is 3.15. The van der Waals surface area contributed by atoms with Crippen molar-refractivity contribution in [3.63, 3.8) is 0 Å². The molecule has 2 aromatic rings. The molecule has 29 heavy (non-hydrogen) atoms. The third kappa shape index (κ3) is 3.53. The Morgan fingerprint density at radius 3 is 2.66 bits per heavy atom. The fraction of sp³-hybridized carbons (Fsp3) is 0.391. The van der Waals surface area contributed by atoms with Gasteiger partial charge in [0.2, 0.25) is 5.91 Å². The van der Waals surface area contributed by atoms with Gasteiger partial charge in [-0.3, -0.25) is 9.59 Å². The Hall–Kier alpha value is -2.37. The fourth-order valence-electron chi connectivity index (χ4n) is 4.89. The summed E-state index contributed by atoms with van der Waals surface area (Å²) < 4.78 is 6.35. The van der Waals surface area contributed by atoms with Gasteiger partial charge in [-0.2, -0.15) is 0 Å². The summed E-state index contributed by atoms with van der Waals surface area (Å²) in [5.41, 5.74) is 2.33. The van der Waals surface area contributed by atoms with E-state index in [0.717, 1.165) is 42.8 Å². The van der Waals surface area contributed by atoms with Crippen molar-refractivity contribution < 1.29 is 14.3 Å². The number of ketones is 1. The van der Waals surface area contributed by atoms with Crippen molar-refractivity contribution in [3.8, 4) is 5.75 Å². The molecule has 1 aliphatic carbocycles. The summed E-state index contributed by atoms with van der Waals surface area (Å²) in [5.74, 6) is 0.721. The number of amides is 1. The molecule has 5 rings (SSSR count). The maximum atomic E-state index is 13.3. The molecule has 0 bridgehead atoms. The Labute approximate surface area is 176 Å². The summed E-state index contributed by atoms with van der Waals surface area (Å²) in [6.07, 6.45) is 2.69. The maximum Gasteiger partial charge on any atom is 0.228 e. The van der Waals surface area contributed by atoms with Crippen LogP contribution in [0.2, 0.25) is 0 Å². The largest absolute Gasteiger partial charge is 0.485 e. The van der Waals surface area contributed by atoms with E-state index in [2.05, 4.69) is 10.6 Å². The van der Waals surface area contributed by atoms with Crippen molar-refractivity contribution in [2.24, 2.45) is 0 Å². The molecule has 6 heteroatoms. The minimum atomic E-state index is -0.276. The van der Waals surface area contributed by atoms with Crippen molar-refractivity contribution in [1.29, 1.82) is 0 Å². The van der Waals surface area contributed by atoms with Crippen LogP contribution in [0.15, 0.2) is 48.5 Å². The highest BCUT2D eigenvalue weighted by atomic mass is 35.5.